The van der Waals surface area contributed by atoms with Crippen molar-refractivity contribution in [3.05, 3.63) is 121 Å². The second kappa shape index (κ2) is 8.09. The molecule has 131 valence electrons. The lowest BCUT2D eigenvalue weighted by Gasteiger charge is -2.33. The van der Waals surface area contributed by atoms with Crippen molar-refractivity contribution in [3.63, 3.8) is 0 Å². The third-order valence-corrected chi connectivity index (χ3v) is 18.1. The fourth-order valence-corrected chi connectivity index (χ4v) is 16.8. The lowest BCUT2D eigenvalue weighted by atomic mass is 10.4. The molecule has 0 saturated heterocycles. The van der Waals surface area contributed by atoms with E-state index < -0.39 is 15.2 Å². The Morgan fingerprint density at radius 3 is 1.07 bits per heavy atom. The van der Waals surface area contributed by atoms with Gasteiger partial charge in [-0.3, -0.25) is 0 Å². The van der Waals surface area contributed by atoms with Crippen molar-refractivity contribution in [1.82, 2.24) is 0 Å². The molecule has 1 radical (unpaired) electrons. The third kappa shape index (κ3) is 3.56. The van der Waals surface area contributed by atoms with Gasteiger partial charge in [-0.1, -0.05) is 132 Å². The summed E-state index contributed by atoms with van der Waals surface area (Å²) in [4.78, 5) is 0. The number of hydrogen-bond acceptors (Lipinski definition) is 0. The van der Waals surface area contributed by atoms with Gasteiger partial charge >= 0.3 is 0 Å². The van der Waals surface area contributed by atoms with Gasteiger partial charge in [0.25, 0.3) is 0 Å². The van der Waals surface area contributed by atoms with Crippen molar-refractivity contribution in [1.29, 1.82) is 0 Å². The molecule has 0 aromatic heterocycles. The molecule has 0 spiro atoms. The van der Waals surface area contributed by atoms with Gasteiger partial charge in [-0.05, 0) is 10.4 Å². The lowest BCUT2D eigenvalue weighted by molar-refractivity contribution is 1.72. The second-order valence-electron chi connectivity index (χ2n) is 6.50. The highest BCUT2D eigenvalue weighted by Gasteiger charge is 2.46. The van der Waals surface area contributed by atoms with Gasteiger partial charge in [0.15, 0.2) is 0 Å². The highest BCUT2D eigenvalue weighted by molar-refractivity contribution is 7.67. The Kier molecular flexibility index (Phi) is 5.39. The zero-order chi connectivity index (χ0) is 18.5. The smallest absolute Gasteiger partial charge is 0.158 e. The molecule has 4 rings (SSSR count). The van der Waals surface area contributed by atoms with Crippen LogP contribution in [-0.2, 0) is 0 Å². The number of hydrogen-bond donors (Lipinski definition) is 0. The van der Waals surface area contributed by atoms with Gasteiger partial charge < -0.3 is 0 Å². The second-order valence-corrected chi connectivity index (χ2v) is 17.3. The molecule has 0 aliphatic carbocycles. The third-order valence-electron chi connectivity index (χ3n) is 4.81. The van der Waals surface area contributed by atoms with E-state index in [4.69, 9.17) is 11.1 Å². The highest BCUT2D eigenvalue weighted by atomic mass is 35.6. The fraction of sp³-hybridized carbons (Fsp3) is 0. The monoisotopic (exact) mass is 399 g/mol. The Morgan fingerprint density at radius 1 is 0.444 bits per heavy atom. The molecular formula is C24H20ClSi2. The standard InChI is InChI=1S/C24H20ClSi2/c25-27(23-17-9-3-10-18-23,24-19-11-4-12-20-24)26(21-13-5-1-6-14-21)22-15-7-2-8-16-22/h1-20H. The highest BCUT2D eigenvalue weighted by Crippen LogP contribution is 2.16. The number of benzene rings is 4. The molecule has 0 bridgehead atoms. The van der Waals surface area contributed by atoms with Crippen LogP contribution in [0.5, 0.6) is 0 Å². The first-order valence-electron chi connectivity index (χ1n) is 9.08. The molecule has 0 unspecified atom stereocenters. The molecule has 0 N–H and O–H groups in total. The van der Waals surface area contributed by atoms with Crippen LogP contribution in [0.3, 0.4) is 0 Å². The first-order valence-corrected chi connectivity index (χ1v) is 14.6. The topological polar surface area (TPSA) is 0 Å². The number of halogens is 1. The molecule has 0 aliphatic heterocycles. The molecule has 0 amide bonds. The van der Waals surface area contributed by atoms with Crippen molar-refractivity contribution in [3.8, 4) is 0 Å². The van der Waals surface area contributed by atoms with Crippen molar-refractivity contribution in [2.45, 2.75) is 0 Å². The van der Waals surface area contributed by atoms with Gasteiger partial charge in [-0.15, -0.1) is 0 Å². The quantitative estimate of drug-likeness (QED) is 0.356. The van der Waals surface area contributed by atoms with Gasteiger partial charge in [0.05, 0.1) is 0 Å². The molecule has 4 aromatic rings. The molecule has 0 aliphatic rings. The predicted octanol–water partition coefficient (Wildman–Crippen LogP) is 3.37. The van der Waals surface area contributed by atoms with Gasteiger partial charge in [-0.25, -0.2) is 0 Å². The lowest BCUT2D eigenvalue weighted by Crippen LogP contribution is -2.73. The van der Waals surface area contributed by atoms with Gasteiger partial charge in [0.2, 0.25) is 6.90 Å². The van der Waals surface area contributed by atoms with E-state index in [0.29, 0.717) is 0 Å². The largest absolute Gasteiger partial charge is 0.214 e. The normalized spacial score (nSPS) is 11.5. The average Bonchev–Trinajstić information content (AvgIpc) is 2.76. The predicted molar refractivity (Wildman–Crippen MR) is 122 cm³/mol. The maximum Gasteiger partial charge on any atom is 0.214 e. The van der Waals surface area contributed by atoms with Crippen LogP contribution >= 0.6 is 11.1 Å². The van der Waals surface area contributed by atoms with E-state index in [0.717, 1.165) is 0 Å². The molecule has 3 heteroatoms. The first kappa shape index (κ1) is 18.0. The van der Waals surface area contributed by atoms with E-state index in [1.54, 1.807) is 0 Å². The molecule has 0 atom stereocenters. The van der Waals surface area contributed by atoms with Crippen LogP contribution in [0.25, 0.3) is 0 Å². The van der Waals surface area contributed by atoms with E-state index in [9.17, 15) is 0 Å². The summed E-state index contributed by atoms with van der Waals surface area (Å²) in [6, 6.07) is 43.1. The minimum atomic E-state index is -2.54. The van der Waals surface area contributed by atoms with Crippen LogP contribution < -0.4 is 20.7 Å². The van der Waals surface area contributed by atoms with Crippen LogP contribution in [0.4, 0.5) is 0 Å². The van der Waals surface area contributed by atoms with Crippen molar-refractivity contribution in [2.75, 3.05) is 0 Å². The van der Waals surface area contributed by atoms with E-state index in [-0.39, 0.29) is 0 Å². The van der Waals surface area contributed by atoms with E-state index in [1.165, 1.54) is 20.7 Å². The van der Waals surface area contributed by atoms with E-state index in [1.807, 2.05) is 0 Å². The summed E-state index contributed by atoms with van der Waals surface area (Å²) in [5.41, 5.74) is 0. The van der Waals surface area contributed by atoms with Crippen LogP contribution in [0, 0.1) is 0 Å². The van der Waals surface area contributed by atoms with Gasteiger partial charge in [-0.2, -0.15) is 11.1 Å². The van der Waals surface area contributed by atoms with Gasteiger partial charge in [0, 0.05) is 0 Å². The summed E-state index contributed by atoms with van der Waals surface area (Å²) in [7, 11) is -1.24. The van der Waals surface area contributed by atoms with Crippen molar-refractivity contribution < 1.29 is 0 Å². The van der Waals surface area contributed by atoms with Crippen LogP contribution in [0.15, 0.2) is 121 Å². The summed E-state index contributed by atoms with van der Waals surface area (Å²) >= 11 is 7.81. The molecule has 0 fully saturated rings. The van der Waals surface area contributed by atoms with Gasteiger partial charge in [0.1, 0.15) is 8.31 Å². The average molecular weight is 400 g/mol. The van der Waals surface area contributed by atoms with Crippen LogP contribution in [0.2, 0.25) is 0 Å². The molecule has 0 saturated carbocycles. The summed E-state index contributed by atoms with van der Waals surface area (Å²) < 4.78 is 0. The Labute approximate surface area is 168 Å². The minimum Gasteiger partial charge on any atom is -0.158 e. The Hall–Kier alpha value is -2.40. The zero-order valence-corrected chi connectivity index (χ0v) is 17.7. The maximum absolute atomic E-state index is 7.81. The molecule has 4 aromatic carbocycles. The summed E-state index contributed by atoms with van der Waals surface area (Å²) in [5, 5.41) is 5.28. The SMILES string of the molecule is Cl[Si](c1ccccc1)(c1ccccc1)[Si](c1ccccc1)c1ccccc1. The molecule has 0 nitrogen and oxygen atoms in total. The minimum absolute atomic E-state index is 1.24. The summed E-state index contributed by atoms with van der Waals surface area (Å²) in [6.07, 6.45) is 0. The first-order chi connectivity index (χ1) is 13.3. The maximum atomic E-state index is 7.81. The van der Waals surface area contributed by atoms with E-state index >= 15 is 0 Å². The zero-order valence-electron chi connectivity index (χ0n) is 14.9. The van der Waals surface area contributed by atoms with Crippen molar-refractivity contribution >= 4 is 47.0 Å². The molecule has 0 heterocycles. The van der Waals surface area contributed by atoms with Crippen LogP contribution in [0.1, 0.15) is 0 Å². The Bertz CT molecular complexity index is 895. The molecule has 27 heavy (non-hydrogen) atoms. The summed E-state index contributed by atoms with van der Waals surface area (Å²) in [5.74, 6) is 0. The van der Waals surface area contributed by atoms with Crippen molar-refractivity contribution in [2.24, 2.45) is 0 Å². The summed E-state index contributed by atoms with van der Waals surface area (Å²) in [6.45, 7) is -2.54. The Morgan fingerprint density at radius 2 is 0.741 bits per heavy atom. The Balaban J connectivity index is 2.01. The fourth-order valence-electron chi connectivity index (χ4n) is 3.57. The molecular weight excluding hydrogens is 380 g/mol. The number of rotatable bonds is 5. The van der Waals surface area contributed by atoms with E-state index in [2.05, 4.69) is 121 Å². The van der Waals surface area contributed by atoms with Crippen LogP contribution in [-0.4, -0.2) is 15.2 Å².